The van der Waals surface area contributed by atoms with Crippen LogP contribution in [0.4, 0.5) is 0 Å². The molecule has 3 aromatic heterocycles. The van der Waals surface area contributed by atoms with Gasteiger partial charge in [0.2, 0.25) is 0 Å². The van der Waals surface area contributed by atoms with Crippen molar-refractivity contribution >= 4 is 65.4 Å². The van der Waals surface area contributed by atoms with Crippen LogP contribution in [0.3, 0.4) is 0 Å². The first-order valence-corrected chi connectivity index (χ1v) is 19.6. The minimum atomic E-state index is 1.13. The van der Waals surface area contributed by atoms with Gasteiger partial charge in [-0.05, 0) is 82.9 Å². The van der Waals surface area contributed by atoms with E-state index in [1.807, 2.05) is 0 Å². The van der Waals surface area contributed by atoms with Crippen molar-refractivity contribution in [1.29, 1.82) is 0 Å². The van der Waals surface area contributed by atoms with Crippen molar-refractivity contribution in [3.8, 4) is 39.3 Å². The summed E-state index contributed by atoms with van der Waals surface area (Å²) in [6.07, 6.45) is 0. The average Bonchev–Trinajstić information content (AvgIpc) is 3.93. The van der Waals surface area contributed by atoms with Gasteiger partial charge in [0, 0.05) is 49.4 Å². The fraction of sp³-hybridized carbons (Fsp3) is 0. The van der Waals surface area contributed by atoms with E-state index in [2.05, 4.69) is 226 Å². The Morgan fingerprint density at radius 3 is 1.26 bits per heavy atom. The molecule has 12 rings (SSSR count). The highest BCUT2D eigenvalue weighted by atomic mass is 15.0. The predicted molar refractivity (Wildman–Crippen MR) is 240 cm³/mol. The number of nitrogens with zero attached hydrogens (tertiary/aromatic N) is 3. The number of fused-ring (bicyclic) bond motifs is 10. The summed E-state index contributed by atoms with van der Waals surface area (Å²) < 4.78 is 7.35. The van der Waals surface area contributed by atoms with E-state index in [1.54, 1.807) is 0 Å². The van der Waals surface area contributed by atoms with Crippen molar-refractivity contribution in [1.82, 2.24) is 13.7 Å². The van der Waals surface area contributed by atoms with E-state index in [4.69, 9.17) is 0 Å². The molecule has 0 spiro atoms. The van der Waals surface area contributed by atoms with Crippen LogP contribution in [0.25, 0.3) is 105 Å². The van der Waals surface area contributed by atoms with Crippen LogP contribution in [-0.2, 0) is 0 Å². The second kappa shape index (κ2) is 12.5. The summed E-state index contributed by atoms with van der Waals surface area (Å²) in [7, 11) is 0. The van der Waals surface area contributed by atoms with Gasteiger partial charge in [0.25, 0.3) is 0 Å². The van der Waals surface area contributed by atoms with Crippen molar-refractivity contribution in [2.75, 3.05) is 0 Å². The Kier molecular flexibility index (Phi) is 6.93. The first kappa shape index (κ1) is 31.7. The largest absolute Gasteiger partial charge is 0.309 e. The molecule has 0 amide bonds. The summed E-state index contributed by atoms with van der Waals surface area (Å²) in [6.45, 7) is 0. The summed E-state index contributed by atoms with van der Waals surface area (Å²) in [5, 5.41) is 7.49. The Hall–Kier alpha value is -7.62. The first-order valence-electron chi connectivity index (χ1n) is 19.6. The Morgan fingerprint density at radius 1 is 0.211 bits per heavy atom. The van der Waals surface area contributed by atoms with Gasteiger partial charge in [-0.1, -0.05) is 152 Å². The number of hydrogen-bond donors (Lipinski definition) is 0. The summed E-state index contributed by atoms with van der Waals surface area (Å²) in [6, 6.07) is 77.4. The highest BCUT2D eigenvalue weighted by Gasteiger charge is 2.21. The fourth-order valence-electron chi connectivity index (χ4n) is 9.30. The van der Waals surface area contributed by atoms with Crippen LogP contribution in [0, 0.1) is 0 Å². The Labute approximate surface area is 329 Å². The molecule has 57 heavy (non-hydrogen) atoms. The maximum atomic E-state index is 2.48. The number of aromatic nitrogens is 3. The van der Waals surface area contributed by atoms with Gasteiger partial charge in [0.1, 0.15) is 0 Å². The standard InChI is InChI=1S/C54H35N3/c1-3-14-36(15-4-1)37-26-29-41(30-27-37)55-49-23-10-7-20-43(49)46-31-28-39(35-52(46)55)38-16-13-19-42(34-38)57-51-25-12-9-22-45(51)48-33-32-47-44-21-8-11-24-50(44)56(53(47)54(48)57)40-17-5-2-6-18-40/h1-35H. The Bertz CT molecular complexity index is 3490. The third-order valence-electron chi connectivity index (χ3n) is 11.8. The summed E-state index contributed by atoms with van der Waals surface area (Å²) >= 11 is 0. The maximum absolute atomic E-state index is 2.48. The van der Waals surface area contributed by atoms with E-state index < -0.39 is 0 Å². The van der Waals surface area contributed by atoms with E-state index in [0.29, 0.717) is 0 Å². The first-order chi connectivity index (χ1) is 28.3. The quantitative estimate of drug-likeness (QED) is 0.168. The lowest BCUT2D eigenvalue weighted by molar-refractivity contribution is 1.15. The van der Waals surface area contributed by atoms with E-state index >= 15 is 0 Å². The monoisotopic (exact) mass is 725 g/mol. The lowest BCUT2D eigenvalue weighted by Crippen LogP contribution is -1.99. The second-order valence-corrected chi connectivity index (χ2v) is 14.9. The molecular formula is C54H35N3. The topological polar surface area (TPSA) is 14.8 Å². The van der Waals surface area contributed by atoms with Crippen molar-refractivity contribution in [3.05, 3.63) is 212 Å². The van der Waals surface area contributed by atoms with Crippen LogP contribution >= 0.6 is 0 Å². The molecule has 3 heterocycles. The molecule has 0 unspecified atom stereocenters. The highest BCUT2D eigenvalue weighted by Crippen LogP contribution is 2.42. The third kappa shape index (κ3) is 4.79. The van der Waals surface area contributed by atoms with Gasteiger partial charge in [-0.25, -0.2) is 0 Å². The second-order valence-electron chi connectivity index (χ2n) is 14.9. The molecule has 0 aliphatic heterocycles. The molecule has 266 valence electrons. The molecule has 0 atom stereocenters. The molecule has 0 radical (unpaired) electrons. The molecular weight excluding hydrogens is 691 g/mol. The molecule has 0 saturated heterocycles. The van der Waals surface area contributed by atoms with Crippen molar-refractivity contribution in [2.45, 2.75) is 0 Å². The van der Waals surface area contributed by atoms with Crippen molar-refractivity contribution in [2.24, 2.45) is 0 Å². The summed E-state index contributed by atoms with van der Waals surface area (Å²) in [5.74, 6) is 0. The SMILES string of the molecule is c1ccc(-c2ccc(-n3c4ccccc4c4ccc(-c5cccc(-n6c7ccccc7c7ccc8c9ccccc9n(-c9ccccc9)c8c76)c5)cc43)cc2)cc1. The molecule has 3 nitrogen and oxygen atoms in total. The van der Waals surface area contributed by atoms with Gasteiger partial charge < -0.3 is 13.7 Å². The van der Waals surface area contributed by atoms with Crippen molar-refractivity contribution < 1.29 is 0 Å². The molecule has 0 aliphatic rings. The van der Waals surface area contributed by atoms with E-state index in [9.17, 15) is 0 Å². The Morgan fingerprint density at radius 2 is 0.614 bits per heavy atom. The molecule has 0 aliphatic carbocycles. The summed E-state index contributed by atoms with van der Waals surface area (Å²) in [5.41, 5.74) is 15.4. The lowest BCUT2D eigenvalue weighted by atomic mass is 10.0. The van der Waals surface area contributed by atoms with Crippen molar-refractivity contribution in [3.63, 3.8) is 0 Å². The zero-order chi connectivity index (χ0) is 37.5. The minimum absolute atomic E-state index is 1.13. The molecule has 3 heteroatoms. The fourth-order valence-corrected chi connectivity index (χ4v) is 9.30. The van der Waals surface area contributed by atoms with Crippen LogP contribution in [0.1, 0.15) is 0 Å². The van der Waals surface area contributed by atoms with Crippen LogP contribution < -0.4 is 0 Å². The van der Waals surface area contributed by atoms with Gasteiger partial charge in [-0.15, -0.1) is 0 Å². The van der Waals surface area contributed by atoms with Gasteiger partial charge in [-0.2, -0.15) is 0 Å². The van der Waals surface area contributed by atoms with Gasteiger partial charge in [0.15, 0.2) is 0 Å². The molecule has 0 fully saturated rings. The zero-order valence-corrected chi connectivity index (χ0v) is 31.0. The van der Waals surface area contributed by atoms with Crippen LogP contribution in [0.5, 0.6) is 0 Å². The Balaban J connectivity index is 1.08. The van der Waals surface area contributed by atoms with Gasteiger partial charge in [-0.3, -0.25) is 0 Å². The van der Waals surface area contributed by atoms with Crippen LogP contribution in [0.15, 0.2) is 212 Å². The molecule has 0 bridgehead atoms. The minimum Gasteiger partial charge on any atom is -0.309 e. The number of hydrogen-bond acceptors (Lipinski definition) is 0. The highest BCUT2D eigenvalue weighted by molar-refractivity contribution is 6.24. The predicted octanol–water partition coefficient (Wildman–Crippen LogP) is 14.3. The maximum Gasteiger partial charge on any atom is 0.0788 e. The smallest absolute Gasteiger partial charge is 0.0788 e. The number of rotatable bonds is 5. The summed E-state index contributed by atoms with van der Waals surface area (Å²) in [4.78, 5) is 0. The van der Waals surface area contributed by atoms with Gasteiger partial charge in [0.05, 0.1) is 33.1 Å². The van der Waals surface area contributed by atoms with Crippen LogP contribution in [0.2, 0.25) is 0 Å². The van der Waals surface area contributed by atoms with Gasteiger partial charge >= 0.3 is 0 Å². The number of para-hydroxylation sites is 4. The zero-order valence-electron chi connectivity index (χ0n) is 31.0. The van der Waals surface area contributed by atoms with E-state index in [0.717, 1.165) is 17.1 Å². The normalized spacial score (nSPS) is 11.9. The lowest BCUT2D eigenvalue weighted by Gasteiger charge is -2.14. The average molecular weight is 726 g/mol. The molecule has 9 aromatic carbocycles. The number of benzene rings is 9. The van der Waals surface area contributed by atoms with E-state index in [1.165, 1.54) is 87.7 Å². The molecule has 12 aromatic rings. The third-order valence-corrected chi connectivity index (χ3v) is 11.8. The van der Waals surface area contributed by atoms with E-state index in [-0.39, 0.29) is 0 Å². The molecule has 0 saturated carbocycles. The molecule has 0 N–H and O–H groups in total. The van der Waals surface area contributed by atoms with Crippen LogP contribution in [-0.4, -0.2) is 13.7 Å².